The maximum Gasteiger partial charge on any atom is 0.120 e. The number of piperidine rings is 2. The van der Waals surface area contributed by atoms with E-state index in [2.05, 4.69) is 11.9 Å². The summed E-state index contributed by atoms with van der Waals surface area (Å²) in [6, 6.07) is 7.36. The summed E-state index contributed by atoms with van der Waals surface area (Å²) in [5.41, 5.74) is 1.05. The van der Waals surface area contributed by atoms with Gasteiger partial charge in [0, 0.05) is 17.0 Å². The molecule has 2 fully saturated rings. The summed E-state index contributed by atoms with van der Waals surface area (Å²) in [6.45, 7) is 3.84. The Kier molecular flexibility index (Phi) is 4.34. The fourth-order valence-electron chi connectivity index (χ4n) is 3.37. The lowest BCUT2D eigenvalue weighted by molar-refractivity contribution is 0.0927. The number of ether oxygens (including phenoxy) is 1. The summed E-state index contributed by atoms with van der Waals surface area (Å²) in [6.07, 6.45) is 8.34. The molecule has 3 nitrogen and oxygen atoms in total. The largest absolute Gasteiger partial charge is 0.490 e. The Balaban J connectivity index is 1.69. The van der Waals surface area contributed by atoms with E-state index >= 15 is 0 Å². The second-order valence-electron chi connectivity index (χ2n) is 5.72. The van der Waals surface area contributed by atoms with Crippen LogP contribution in [-0.2, 0) is 0 Å². The molecule has 1 aromatic rings. The number of nitrogens with two attached hydrogens (primary N) is 1. The minimum Gasteiger partial charge on any atom is -0.490 e. The zero-order valence-electron chi connectivity index (χ0n) is 11.7. The van der Waals surface area contributed by atoms with Crippen LogP contribution in [0.1, 0.15) is 37.7 Å². The summed E-state index contributed by atoms with van der Waals surface area (Å²) in [5.74, 6) is 0.933. The van der Waals surface area contributed by atoms with E-state index in [1.165, 1.54) is 31.2 Å². The van der Waals surface area contributed by atoms with Gasteiger partial charge in [0.1, 0.15) is 11.9 Å². The lowest BCUT2D eigenvalue weighted by atomic mass is 9.85. The monoisotopic (exact) mass is 290 g/mol. The van der Waals surface area contributed by atoms with Gasteiger partial charge >= 0.3 is 0 Å². The fourth-order valence-corrected chi connectivity index (χ4v) is 3.79. The first-order chi connectivity index (χ1) is 9.78. The van der Waals surface area contributed by atoms with Crippen LogP contribution in [0.15, 0.2) is 29.7 Å². The van der Waals surface area contributed by atoms with Crippen molar-refractivity contribution in [3.63, 3.8) is 0 Å². The van der Waals surface area contributed by atoms with Crippen molar-refractivity contribution in [2.24, 2.45) is 5.14 Å². The predicted octanol–water partition coefficient (Wildman–Crippen LogP) is 3.35. The molecule has 2 heterocycles. The van der Waals surface area contributed by atoms with Crippen LogP contribution in [-0.4, -0.2) is 18.2 Å². The second-order valence-corrected chi connectivity index (χ2v) is 6.40. The van der Waals surface area contributed by atoms with Crippen molar-refractivity contribution in [1.82, 2.24) is 5.32 Å². The molecule has 3 N–H and O–H groups in total. The molecule has 0 amide bonds. The SMILES string of the molecule is C=Cc1cc(O[C@@H]2C[C@H]3CCC[C@@H](C2)N3)ccc1SN. The first kappa shape index (κ1) is 14.0. The van der Waals surface area contributed by atoms with Gasteiger partial charge in [0.15, 0.2) is 0 Å². The first-order valence-electron chi connectivity index (χ1n) is 7.34. The van der Waals surface area contributed by atoms with Crippen molar-refractivity contribution in [1.29, 1.82) is 0 Å². The summed E-state index contributed by atoms with van der Waals surface area (Å²) in [5, 5.41) is 9.34. The molecule has 108 valence electrons. The van der Waals surface area contributed by atoms with Gasteiger partial charge in [-0.2, -0.15) is 0 Å². The Bertz CT molecular complexity index is 479. The van der Waals surface area contributed by atoms with E-state index in [0.717, 1.165) is 29.1 Å². The Hall–Kier alpha value is -0.970. The van der Waals surface area contributed by atoms with Crippen LogP contribution in [0.2, 0.25) is 0 Å². The molecule has 1 aromatic carbocycles. The van der Waals surface area contributed by atoms with E-state index in [9.17, 15) is 0 Å². The normalized spacial score (nSPS) is 28.9. The molecular weight excluding hydrogens is 268 g/mol. The van der Waals surface area contributed by atoms with Crippen LogP contribution in [0.5, 0.6) is 5.75 Å². The van der Waals surface area contributed by atoms with Gasteiger partial charge in [-0.25, -0.2) is 0 Å². The fraction of sp³-hybridized carbons (Fsp3) is 0.500. The number of rotatable bonds is 4. The van der Waals surface area contributed by atoms with Crippen molar-refractivity contribution in [2.45, 2.75) is 55.2 Å². The molecule has 2 saturated heterocycles. The second kappa shape index (κ2) is 6.20. The number of fused-ring (bicyclic) bond motifs is 2. The van der Waals surface area contributed by atoms with E-state index in [4.69, 9.17) is 9.88 Å². The Labute approximate surface area is 125 Å². The number of hydrogen-bond acceptors (Lipinski definition) is 4. The summed E-state index contributed by atoms with van der Waals surface area (Å²) < 4.78 is 6.20. The number of nitrogens with one attached hydrogen (secondary N) is 1. The molecule has 2 aliphatic rings. The minimum atomic E-state index is 0.334. The molecular formula is C16H22N2OS. The third-order valence-corrected chi connectivity index (χ3v) is 4.93. The lowest BCUT2D eigenvalue weighted by Crippen LogP contribution is -2.51. The molecule has 0 unspecified atom stereocenters. The molecule has 4 heteroatoms. The molecule has 2 bridgehead atoms. The molecule has 3 atom stereocenters. The van der Waals surface area contributed by atoms with Crippen LogP contribution >= 0.6 is 11.9 Å². The molecule has 3 rings (SSSR count). The van der Waals surface area contributed by atoms with Gasteiger partial charge < -0.3 is 10.1 Å². The topological polar surface area (TPSA) is 47.3 Å². The van der Waals surface area contributed by atoms with Gasteiger partial charge in [-0.15, -0.1) is 0 Å². The molecule has 0 saturated carbocycles. The van der Waals surface area contributed by atoms with Crippen LogP contribution in [0.3, 0.4) is 0 Å². The van der Waals surface area contributed by atoms with Crippen molar-refractivity contribution < 1.29 is 4.74 Å². The molecule has 0 spiro atoms. The van der Waals surface area contributed by atoms with E-state index in [-0.39, 0.29) is 0 Å². The van der Waals surface area contributed by atoms with E-state index in [1.54, 1.807) is 0 Å². The zero-order valence-corrected chi connectivity index (χ0v) is 12.5. The third kappa shape index (κ3) is 3.03. The van der Waals surface area contributed by atoms with Crippen LogP contribution < -0.4 is 15.2 Å². The highest BCUT2D eigenvalue weighted by molar-refractivity contribution is 7.97. The van der Waals surface area contributed by atoms with E-state index in [1.807, 2.05) is 24.3 Å². The average Bonchev–Trinajstić information content (AvgIpc) is 2.46. The molecule has 0 aromatic heterocycles. The minimum absolute atomic E-state index is 0.334. The smallest absolute Gasteiger partial charge is 0.120 e. The molecule has 20 heavy (non-hydrogen) atoms. The quantitative estimate of drug-likeness (QED) is 0.835. The Morgan fingerprint density at radius 3 is 2.70 bits per heavy atom. The summed E-state index contributed by atoms with van der Waals surface area (Å²) in [4.78, 5) is 1.04. The maximum absolute atomic E-state index is 6.20. The van der Waals surface area contributed by atoms with Crippen molar-refractivity contribution in [3.8, 4) is 5.75 Å². The number of benzene rings is 1. The van der Waals surface area contributed by atoms with Crippen LogP contribution in [0.25, 0.3) is 6.08 Å². The molecule has 2 aliphatic heterocycles. The van der Waals surface area contributed by atoms with Gasteiger partial charge in [0.2, 0.25) is 0 Å². The third-order valence-electron chi connectivity index (χ3n) is 4.30. The van der Waals surface area contributed by atoms with Crippen molar-refractivity contribution >= 4 is 18.0 Å². The zero-order chi connectivity index (χ0) is 13.9. The highest BCUT2D eigenvalue weighted by Crippen LogP contribution is 2.30. The van der Waals surface area contributed by atoms with Crippen LogP contribution in [0.4, 0.5) is 0 Å². The van der Waals surface area contributed by atoms with Gasteiger partial charge in [-0.3, -0.25) is 5.14 Å². The lowest BCUT2D eigenvalue weighted by Gasteiger charge is -2.40. The Morgan fingerprint density at radius 1 is 1.30 bits per heavy atom. The van der Waals surface area contributed by atoms with E-state index < -0.39 is 0 Å². The van der Waals surface area contributed by atoms with Gasteiger partial charge in [0.05, 0.1) is 0 Å². The Morgan fingerprint density at radius 2 is 2.05 bits per heavy atom. The first-order valence-corrected chi connectivity index (χ1v) is 8.22. The standard InChI is InChI=1S/C16H22N2OS/c1-2-11-8-14(6-7-16(11)20-17)19-15-9-12-4-3-5-13(10-15)18-12/h2,6-8,12-13,15,18H,1,3-5,9-10,17H2/t12-,13+,15-. The van der Waals surface area contributed by atoms with Gasteiger partial charge in [0.25, 0.3) is 0 Å². The molecule has 0 aliphatic carbocycles. The average molecular weight is 290 g/mol. The van der Waals surface area contributed by atoms with Gasteiger partial charge in [-0.1, -0.05) is 19.1 Å². The maximum atomic E-state index is 6.20. The van der Waals surface area contributed by atoms with Gasteiger partial charge in [-0.05, 0) is 61.4 Å². The van der Waals surface area contributed by atoms with Crippen molar-refractivity contribution in [3.05, 3.63) is 30.3 Å². The highest BCUT2D eigenvalue weighted by Gasteiger charge is 2.32. The highest BCUT2D eigenvalue weighted by atomic mass is 32.2. The van der Waals surface area contributed by atoms with Crippen LogP contribution in [0, 0.1) is 0 Å². The molecule has 0 radical (unpaired) electrons. The summed E-state index contributed by atoms with van der Waals surface area (Å²) >= 11 is 1.25. The van der Waals surface area contributed by atoms with E-state index in [0.29, 0.717) is 18.2 Å². The van der Waals surface area contributed by atoms with Crippen molar-refractivity contribution in [2.75, 3.05) is 0 Å². The number of hydrogen-bond donors (Lipinski definition) is 2. The predicted molar refractivity (Wildman–Crippen MR) is 84.8 cm³/mol. The summed E-state index contributed by atoms with van der Waals surface area (Å²) in [7, 11) is 0.